The van der Waals surface area contributed by atoms with Crippen LogP contribution < -0.4 is 16.0 Å². The first-order valence-corrected chi connectivity index (χ1v) is 3.70. The molecule has 0 aromatic heterocycles. The Morgan fingerprint density at radius 1 is 1.58 bits per heavy atom. The third kappa shape index (κ3) is 1.79. The molecule has 0 atom stereocenters. The fourth-order valence-corrected chi connectivity index (χ4v) is 0.885. The number of aromatic hydroxyl groups is 1. The first-order chi connectivity index (χ1) is 5.77. The van der Waals surface area contributed by atoms with Crippen LogP contribution in [0.1, 0.15) is 6.92 Å². The van der Waals surface area contributed by atoms with E-state index in [0.29, 0.717) is 18.0 Å². The highest BCUT2D eigenvalue weighted by Gasteiger charge is 2.01. The summed E-state index contributed by atoms with van der Waals surface area (Å²) in [4.78, 5) is 0. The van der Waals surface area contributed by atoms with Crippen LogP contribution in [0.2, 0.25) is 0 Å². The lowest BCUT2D eigenvalue weighted by Crippen LogP contribution is -2.06. The molecule has 0 aliphatic heterocycles. The molecule has 0 radical (unpaired) electrons. The highest BCUT2D eigenvalue weighted by molar-refractivity contribution is 5.53. The summed E-state index contributed by atoms with van der Waals surface area (Å²) in [6.45, 7) is 2.39. The van der Waals surface area contributed by atoms with E-state index in [-0.39, 0.29) is 5.75 Å². The smallest absolute Gasteiger partial charge is 0.161 e. The van der Waals surface area contributed by atoms with Crippen molar-refractivity contribution in [3.8, 4) is 11.5 Å². The third-order valence-electron chi connectivity index (χ3n) is 1.43. The Kier molecular flexibility index (Phi) is 2.76. The van der Waals surface area contributed by atoms with Crippen molar-refractivity contribution in [1.82, 2.24) is 0 Å². The number of hydrogen-bond donors (Lipinski definition) is 3. The van der Waals surface area contributed by atoms with Gasteiger partial charge >= 0.3 is 0 Å². The van der Waals surface area contributed by atoms with Crippen molar-refractivity contribution in [3.63, 3.8) is 0 Å². The molecule has 0 saturated carbocycles. The summed E-state index contributed by atoms with van der Waals surface area (Å²) in [7, 11) is 0. The molecular formula is C8H12N2O2. The molecule has 0 saturated heterocycles. The molecule has 1 aromatic rings. The molecule has 0 aliphatic carbocycles. The van der Waals surface area contributed by atoms with E-state index in [1.807, 2.05) is 6.92 Å². The van der Waals surface area contributed by atoms with Crippen LogP contribution in [0.4, 0.5) is 5.69 Å². The van der Waals surface area contributed by atoms with Crippen LogP contribution in [0.3, 0.4) is 0 Å². The van der Waals surface area contributed by atoms with Gasteiger partial charge in [0.15, 0.2) is 11.5 Å². The minimum absolute atomic E-state index is 0.0901. The minimum Gasteiger partial charge on any atom is -0.504 e. The Morgan fingerprint density at radius 2 is 2.33 bits per heavy atom. The van der Waals surface area contributed by atoms with Crippen LogP contribution in [0.25, 0.3) is 0 Å². The van der Waals surface area contributed by atoms with Crippen molar-refractivity contribution in [3.05, 3.63) is 18.2 Å². The number of nitrogens with two attached hydrogens (primary N) is 1. The molecule has 0 amide bonds. The molecule has 0 unspecified atom stereocenters. The van der Waals surface area contributed by atoms with E-state index in [4.69, 9.17) is 10.6 Å². The van der Waals surface area contributed by atoms with Gasteiger partial charge in [-0.05, 0) is 19.1 Å². The van der Waals surface area contributed by atoms with Gasteiger partial charge in [0.25, 0.3) is 0 Å². The molecular weight excluding hydrogens is 156 g/mol. The number of benzene rings is 1. The molecule has 1 aromatic carbocycles. The van der Waals surface area contributed by atoms with Crippen molar-refractivity contribution < 1.29 is 9.84 Å². The second-order valence-electron chi connectivity index (χ2n) is 2.26. The number of anilines is 1. The zero-order valence-corrected chi connectivity index (χ0v) is 6.87. The van der Waals surface area contributed by atoms with Crippen molar-refractivity contribution in [2.24, 2.45) is 5.84 Å². The molecule has 4 heteroatoms. The molecule has 4 nitrogen and oxygen atoms in total. The molecule has 0 aliphatic rings. The second-order valence-corrected chi connectivity index (χ2v) is 2.26. The Hall–Kier alpha value is -1.42. The average Bonchev–Trinajstić information content (AvgIpc) is 2.09. The fourth-order valence-electron chi connectivity index (χ4n) is 0.885. The lowest BCUT2D eigenvalue weighted by atomic mass is 10.3. The van der Waals surface area contributed by atoms with Gasteiger partial charge in [-0.1, -0.05) is 0 Å². The zero-order chi connectivity index (χ0) is 8.97. The summed E-state index contributed by atoms with van der Waals surface area (Å²) >= 11 is 0. The Labute approximate surface area is 70.9 Å². The molecule has 66 valence electrons. The summed E-state index contributed by atoms with van der Waals surface area (Å²) in [5, 5.41) is 9.33. The molecule has 1 rings (SSSR count). The Bertz CT molecular complexity index is 263. The molecule has 12 heavy (non-hydrogen) atoms. The third-order valence-corrected chi connectivity index (χ3v) is 1.43. The van der Waals surface area contributed by atoms with E-state index < -0.39 is 0 Å². The van der Waals surface area contributed by atoms with Crippen LogP contribution in [-0.2, 0) is 0 Å². The Balaban J connectivity index is 2.87. The van der Waals surface area contributed by atoms with E-state index in [1.165, 1.54) is 6.07 Å². The topological polar surface area (TPSA) is 67.5 Å². The maximum Gasteiger partial charge on any atom is 0.161 e. The van der Waals surface area contributed by atoms with Crippen molar-refractivity contribution in [1.29, 1.82) is 0 Å². The SMILES string of the molecule is CCOc1ccc(NN)cc1O. The normalized spacial score (nSPS) is 9.50. The summed E-state index contributed by atoms with van der Waals surface area (Å²) in [6, 6.07) is 4.89. The molecule has 0 heterocycles. The van der Waals surface area contributed by atoms with Gasteiger partial charge in [0.05, 0.1) is 12.3 Å². The van der Waals surface area contributed by atoms with Crippen LogP contribution >= 0.6 is 0 Å². The molecule has 0 spiro atoms. The van der Waals surface area contributed by atoms with Crippen molar-refractivity contribution in [2.75, 3.05) is 12.0 Å². The molecule has 0 bridgehead atoms. The van der Waals surface area contributed by atoms with Gasteiger partial charge in [0, 0.05) is 6.07 Å². The van der Waals surface area contributed by atoms with Crippen LogP contribution in [0.5, 0.6) is 11.5 Å². The van der Waals surface area contributed by atoms with Gasteiger partial charge in [-0.2, -0.15) is 0 Å². The van der Waals surface area contributed by atoms with E-state index in [0.717, 1.165) is 0 Å². The summed E-state index contributed by atoms with van der Waals surface area (Å²) in [5.41, 5.74) is 3.07. The Morgan fingerprint density at radius 3 is 2.83 bits per heavy atom. The number of hydrazine groups is 1. The number of phenols is 1. The fraction of sp³-hybridized carbons (Fsp3) is 0.250. The van der Waals surface area contributed by atoms with Gasteiger partial charge < -0.3 is 15.3 Å². The standard InChI is InChI=1S/C8H12N2O2/c1-2-12-8-4-3-6(10-9)5-7(8)11/h3-5,10-11H,2,9H2,1H3. The second kappa shape index (κ2) is 3.82. The number of phenolic OH excluding ortho intramolecular Hbond substituents is 1. The largest absolute Gasteiger partial charge is 0.504 e. The van der Waals surface area contributed by atoms with Gasteiger partial charge in [0.1, 0.15) is 0 Å². The predicted octanol–water partition coefficient (Wildman–Crippen LogP) is 1.08. The highest BCUT2D eigenvalue weighted by atomic mass is 16.5. The van der Waals surface area contributed by atoms with Gasteiger partial charge in [-0.3, -0.25) is 5.84 Å². The number of nitrogen functional groups attached to an aromatic ring is 1. The molecule has 4 N–H and O–H groups in total. The van der Waals surface area contributed by atoms with E-state index >= 15 is 0 Å². The highest BCUT2D eigenvalue weighted by Crippen LogP contribution is 2.28. The number of rotatable bonds is 3. The first kappa shape index (κ1) is 8.67. The average molecular weight is 168 g/mol. The first-order valence-electron chi connectivity index (χ1n) is 3.70. The summed E-state index contributed by atoms with van der Waals surface area (Å²) < 4.78 is 5.12. The summed E-state index contributed by atoms with van der Waals surface area (Å²) in [5.74, 6) is 5.70. The quantitative estimate of drug-likeness (QED) is 0.466. The lowest BCUT2D eigenvalue weighted by Gasteiger charge is -2.06. The van der Waals surface area contributed by atoms with Crippen LogP contribution in [0, 0.1) is 0 Å². The van der Waals surface area contributed by atoms with E-state index in [9.17, 15) is 5.11 Å². The van der Waals surface area contributed by atoms with E-state index in [2.05, 4.69) is 5.43 Å². The van der Waals surface area contributed by atoms with Crippen molar-refractivity contribution >= 4 is 5.69 Å². The van der Waals surface area contributed by atoms with Crippen LogP contribution in [0.15, 0.2) is 18.2 Å². The van der Waals surface area contributed by atoms with E-state index in [1.54, 1.807) is 12.1 Å². The zero-order valence-electron chi connectivity index (χ0n) is 6.87. The van der Waals surface area contributed by atoms with Gasteiger partial charge in [0.2, 0.25) is 0 Å². The van der Waals surface area contributed by atoms with Crippen molar-refractivity contribution in [2.45, 2.75) is 6.92 Å². The number of hydrogen-bond acceptors (Lipinski definition) is 4. The maximum absolute atomic E-state index is 9.33. The minimum atomic E-state index is 0.0901. The molecule has 0 fully saturated rings. The maximum atomic E-state index is 9.33. The lowest BCUT2D eigenvalue weighted by molar-refractivity contribution is 0.318. The van der Waals surface area contributed by atoms with Gasteiger partial charge in [-0.25, -0.2) is 0 Å². The predicted molar refractivity (Wildman–Crippen MR) is 47.1 cm³/mol. The van der Waals surface area contributed by atoms with Gasteiger partial charge in [-0.15, -0.1) is 0 Å². The number of nitrogens with one attached hydrogen (secondary N) is 1. The monoisotopic (exact) mass is 168 g/mol. The van der Waals surface area contributed by atoms with Crippen LogP contribution in [-0.4, -0.2) is 11.7 Å². The number of ether oxygens (including phenoxy) is 1. The summed E-state index contributed by atoms with van der Waals surface area (Å²) in [6.07, 6.45) is 0.